The zero-order chi connectivity index (χ0) is 14.7. The lowest BCUT2D eigenvalue weighted by molar-refractivity contribution is 0.0955. The molecule has 0 fully saturated rings. The van der Waals surface area contributed by atoms with Crippen LogP contribution in [0.1, 0.15) is 16.1 Å². The number of amides is 1. The molecule has 0 saturated carbocycles. The average Bonchev–Trinajstić information content (AvgIpc) is 3.01. The molecule has 2 heterocycles. The molecule has 0 unspecified atom stereocenters. The van der Waals surface area contributed by atoms with Crippen LogP contribution in [0, 0.1) is 6.92 Å². The van der Waals surface area contributed by atoms with E-state index >= 15 is 0 Å². The molecule has 3 rings (SSSR count). The number of benzene rings is 1. The normalized spacial score (nSPS) is 10.7. The van der Waals surface area contributed by atoms with Crippen molar-refractivity contribution in [2.45, 2.75) is 6.92 Å². The van der Waals surface area contributed by atoms with E-state index in [9.17, 15) is 4.79 Å². The third kappa shape index (κ3) is 3.19. The van der Waals surface area contributed by atoms with Crippen LogP contribution in [0.2, 0.25) is 0 Å². The summed E-state index contributed by atoms with van der Waals surface area (Å²) in [5.74, 6) is -0.0676. The fraction of sp³-hybridized carbons (Fsp3) is 0.214. The van der Waals surface area contributed by atoms with Gasteiger partial charge < -0.3 is 10.6 Å². The molecule has 1 amide bonds. The molecule has 0 spiro atoms. The fourth-order valence-electron chi connectivity index (χ4n) is 1.92. The Kier molecular flexibility index (Phi) is 3.83. The van der Waals surface area contributed by atoms with Crippen LogP contribution in [-0.2, 0) is 0 Å². The highest BCUT2D eigenvalue weighted by atomic mass is 32.1. The van der Waals surface area contributed by atoms with Crippen molar-refractivity contribution in [3.8, 4) is 0 Å². The number of carbonyl (C=O) groups is 1. The van der Waals surface area contributed by atoms with Crippen LogP contribution >= 0.6 is 11.3 Å². The molecule has 0 atom stereocenters. The number of hydrogen-bond donors (Lipinski definition) is 2. The van der Waals surface area contributed by atoms with E-state index in [-0.39, 0.29) is 5.91 Å². The summed E-state index contributed by atoms with van der Waals surface area (Å²) in [6, 6.07) is 9.17. The van der Waals surface area contributed by atoms with Crippen LogP contribution in [0.3, 0.4) is 0 Å². The molecule has 21 heavy (non-hydrogen) atoms. The summed E-state index contributed by atoms with van der Waals surface area (Å²) in [5.41, 5.74) is 1.62. The van der Waals surface area contributed by atoms with E-state index in [4.69, 9.17) is 0 Å². The summed E-state index contributed by atoms with van der Waals surface area (Å²) in [4.78, 5) is 17.0. The number of fused-ring (bicyclic) bond motifs is 1. The standard InChI is InChI=1S/C14H15N5OS/c1-10-9-19-14(17-10)21-13(18-19)16-8-7-15-12(20)11-5-3-2-4-6-11/h2-6,9H,7-8H2,1H3,(H,15,20)(H,16,18). The summed E-state index contributed by atoms with van der Waals surface area (Å²) in [7, 11) is 0. The summed E-state index contributed by atoms with van der Waals surface area (Å²) in [6.07, 6.45) is 1.88. The molecule has 7 heteroatoms. The van der Waals surface area contributed by atoms with Crippen LogP contribution < -0.4 is 10.6 Å². The van der Waals surface area contributed by atoms with Gasteiger partial charge in [-0.3, -0.25) is 4.79 Å². The van der Waals surface area contributed by atoms with Gasteiger partial charge in [0.15, 0.2) is 0 Å². The molecule has 108 valence electrons. The third-order valence-electron chi connectivity index (χ3n) is 2.89. The van der Waals surface area contributed by atoms with Crippen molar-refractivity contribution < 1.29 is 4.79 Å². The van der Waals surface area contributed by atoms with Crippen molar-refractivity contribution in [2.75, 3.05) is 18.4 Å². The Labute approximate surface area is 125 Å². The Morgan fingerprint density at radius 2 is 2.10 bits per heavy atom. The molecule has 0 aliphatic heterocycles. The highest BCUT2D eigenvalue weighted by Crippen LogP contribution is 2.18. The van der Waals surface area contributed by atoms with E-state index in [1.165, 1.54) is 11.3 Å². The lowest BCUT2D eigenvalue weighted by Gasteiger charge is -2.05. The maximum Gasteiger partial charge on any atom is 0.251 e. The van der Waals surface area contributed by atoms with Crippen LogP contribution in [0.4, 0.5) is 5.13 Å². The minimum Gasteiger partial charge on any atom is -0.358 e. The zero-order valence-corrected chi connectivity index (χ0v) is 12.4. The molecular formula is C14H15N5OS. The predicted molar refractivity (Wildman–Crippen MR) is 82.9 cm³/mol. The highest BCUT2D eigenvalue weighted by molar-refractivity contribution is 7.20. The van der Waals surface area contributed by atoms with Crippen LogP contribution in [0.5, 0.6) is 0 Å². The number of hydrogen-bond acceptors (Lipinski definition) is 5. The van der Waals surface area contributed by atoms with E-state index in [1.807, 2.05) is 31.3 Å². The highest BCUT2D eigenvalue weighted by Gasteiger charge is 2.06. The number of aryl methyl sites for hydroxylation is 1. The SMILES string of the molecule is Cc1cn2nc(NCCNC(=O)c3ccccc3)sc2n1. The smallest absolute Gasteiger partial charge is 0.251 e. The van der Waals surface area contributed by atoms with E-state index in [0.29, 0.717) is 18.7 Å². The molecule has 0 bridgehead atoms. The molecule has 2 N–H and O–H groups in total. The maximum absolute atomic E-state index is 11.8. The van der Waals surface area contributed by atoms with Gasteiger partial charge in [0.2, 0.25) is 10.1 Å². The molecule has 0 aliphatic rings. The molecule has 2 aromatic heterocycles. The monoisotopic (exact) mass is 301 g/mol. The van der Waals surface area contributed by atoms with Gasteiger partial charge >= 0.3 is 0 Å². The van der Waals surface area contributed by atoms with Crippen molar-refractivity contribution in [1.82, 2.24) is 19.9 Å². The van der Waals surface area contributed by atoms with Crippen LogP contribution in [-0.4, -0.2) is 33.6 Å². The fourth-order valence-corrected chi connectivity index (χ4v) is 2.77. The van der Waals surface area contributed by atoms with Crippen molar-refractivity contribution >= 4 is 27.3 Å². The second kappa shape index (κ2) is 5.92. The van der Waals surface area contributed by atoms with Crippen molar-refractivity contribution in [2.24, 2.45) is 0 Å². The molecule has 0 saturated heterocycles. The van der Waals surface area contributed by atoms with Gasteiger partial charge in [0.25, 0.3) is 5.91 Å². The Balaban J connectivity index is 1.47. The van der Waals surface area contributed by atoms with Gasteiger partial charge in [-0.1, -0.05) is 29.5 Å². The zero-order valence-electron chi connectivity index (χ0n) is 11.5. The topological polar surface area (TPSA) is 71.3 Å². The molecule has 1 aromatic carbocycles. The number of nitrogens with one attached hydrogen (secondary N) is 2. The molecule has 3 aromatic rings. The summed E-state index contributed by atoms with van der Waals surface area (Å²) >= 11 is 1.49. The van der Waals surface area contributed by atoms with E-state index in [2.05, 4.69) is 20.7 Å². The first-order valence-electron chi connectivity index (χ1n) is 6.62. The quantitative estimate of drug-likeness (QED) is 0.707. The Morgan fingerprint density at radius 3 is 2.86 bits per heavy atom. The van der Waals surface area contributed by atoms with E-state index in [0.717, 1.165) is 15.8 Å². The number of rotatable bonds is 5. The lowest BCUT2D eigenvalue weighted by Crippen LogP contribution is -2.28. The van der Waals surface area contributed by atoms with Gasteiger partial charge in [0.1, 0.15) is 0 Å². The van der Waals surface area contributed by atoms with Crippen LogP contribution in [0.25, 0.3) is 4.96 Å². The average molecular weight is 301 g/mol. The number of carbonyl (C=O) groups excluding carboxylic acids is 1. The van der Waals surface area contributed by atoms with E-state index in [1.54, 1.807) is 16.6 Å². The molecular weight excluding hydrogens is 286 g/mol. The third-order valence-corrected chi connectivity index (χ3v) is 3.77. The first-order valence-corrected chi connectivity index (χ1v) is 7.44. The molecule has 0 radical (unpaired) electrons. The van der Waals surface area contributed by atoms with Crippen LogP contribution in [0.15, 0.2) is 36.5 Å². The number of anilines is 1. The van der Waals surface area contributed by atoms with Gasteiger partial charge in [-0.05, 0) is 19.1 Å². The van der Waals surface area contributed by atoms with Gasteiger partial charge in [-0.25, -0.2) is 9.50 Å². The van der Waals surface area contributed by atoms with Crippen molar-refractivity contribution in [3.05, 3.63) is 47.8 Å². The van der Waals surface area contributed by atoms with Gasteiger partial charge in [-0.15, -0.1) is 5.10 Å². The Bertz CT molecular complexity index is 718. The second-order valence-corrected chi connectivity index (χ2v) is 5.52. The number of nitrogens with zero attached hydrogens (tertiary/aromatic N) is 3. The second-order valence-electron chi connectivity index (χ2n) is 4.57. The molecule has 6 nitrogen and oxygen atoms in total. The maximum atomic E-state index is 11.8. The van der Waals surface area contributed by atoms with E-state index < -0.39 is 0 Å². The number of aromatic nitrogens is 3. The van der Waals surface area contributed by atoms with Gasteiger partial charge in [-0.2, -0.15) is 0 Å². The van der Waals surface area contributed by atoms with Gasteiger partial charge in [0, 0.05) is 18.7 Å². The summed E-state index contributed by atoms with van der Waals surface area (Å²) in [5, 5.41) is 11.2. The largest absolute Gasteiger partial charge is 0.358 e. The minimum absolute atomic E-state index is 0.0676. The number of imidazole rings is 1. The van der Waals surface area contributed by atoms with Crippen molar-refractivity contribution in [1.29, 1.82) is 0 Å². The minimum atomic E-state index is -0.0676. The predicted octanol–water partition coefficient (Wildman–Crippen LogP) is 1.94. The molecule has 0 aliphatic carbocycles. The lowest BCUT2D eigenvalue weighted by atomic mass is 10.2. The Hall–Kier alpha value is -2.41. The summed E-state index contributed by atoms with van der Waals surface area (Å²) in [6.45, 7) is 3.09. The van der Waals surface area contributed by atoms with Crippen molar-refractivity contribution in [3.63, 3.8) is 0 Å². The first-order chi connectivity index (χ1) is 10.2. The summed E-state index contributed by atoms with van der Waals surface area (Å²) < 4.78 is 1.75. The Morgan fingerprint density at radius 1 is 1.29 bits per heavy atom. The van der Waals surface area contributed by atoms with Gasteiger partial charge in [0.05, 0.1) is 11.9 Å². The first kappa shape index (κ1) is 13.6.